The van der Waals surface area contributed by atoms with Gasteiger partial charge in [-0.1, -0.05) is 0 Å². The zero-order valence-corrected chi connectivity index (χ0v) is 12.8. The molecule has 0 bridgehead atoms. The van der Waals surface area contributed by atoms with Crippen molar-refractivity contribution >= 4 is 25.3 Å². The summed E-state index contributed by atoms with van der Waals surface area (Å²) in [6.45, 7) is -0.381. The molecule has 5 atom stereocenters. The molecule has 1 aromatic rings. The van der Waals surface area contributed by atoms with Gasteiger partial charge in [0, 0.05) is 0 Å². The van der Waals surface area contributed by atoms with Crippen molar-refractivity contribution in [1.29, 1.82) is 0 Å². The van der Waals surface area contributed by atoms with Gasteiger partial charge in [-0.2, -0.15) is 4.98 Å². The number of H-pyrrole nitrogens is 1. The summed E-state index contributed by atoms with van der Waals surface area (Å²) in [7, 11) is -4.43. The second-order valence-electron chi connectivity index (χ2n) is 5.61. The van der Waals surface area contributed by atoms with E-state index in [1.165, 1.54) is 0 Å². The first kappa shape index (κ1) is 15.8. The zero-order chi connectivity index (χ0) is 17.3. The third-order valence-corrected chi connectivity index (χ3v) is 4.98. The van der Waals surface area contributed by atoms with Gasteiger partial charge in [0.05, 0.1) is 6.61 Å². The first-order valence-corrected chi connectivity index (χ1v) is 8.36. The summed E-state index contributed by atoms with van der Waals surface area (Å²) >= 11 is 0. The van der Waals surface area contributed by atoms with Gasteiger partial charge in [0.1, 0.15) is 23.7 Å². The maximum atomic E-state index is 11.9. The number of nitrogens with two attached hydrogens (primary N) is 1. The van der Waals surface area contributed by atoms with Gasteiger partial charge in [0.25, 0.3) is 5.56 Å². The molecule has 132 valence electrons. The molecule has 0 aromatic carbocycles. The summed E-state index contributed by atoms with van der Waals surface area (Å²) in [6, 6.07) is -1.30. The Morgan fingerprint density at radius 2 is 2.12 bits per heavy atom. The number of phosphoric ester groups is 1. The second-order valence-corrected chi connectivity index (χ2v) is 7.02. The second kappa shape index (κ2) is 4.89. The summed E-state index contributed by atoms with van der Waals surface area (Å²) in [5.41, 5.74) is 4.65. The number of nitrogens with one attached hydrogen (secondary N) is 3. The minimum absolute atomic E-state index is 0.0841. The molecule has 1 unspecified atom stereocenters. The van der Waals surface area contributed by atoms with E-state index >= 15 is 0 Å². The quantitative estimate of drug-likeness (QED) is 0.189. The highest BCUT2D eigenvalue weighted by Gasteiger charge is 2.61. The van der Waals surface area contributed by atoms with Gasteiger partial charge >= 0.3 is 7.82 Å². The zero-order valence-electron chi connectivity index (χ0n) is 11.9. The van der Waals surface area contributed by atoms with Gasteiger partial charge in [-0.25, -0.2) is 4.57 Å². The number of fused-ring (bicyclic) bond motifs is 3. The van der Waals surface area contributed by atoms with Crippen molar-refractivity contribution in [3.8, 4) is 0 Å². The molecular formula is C10H14N5O8P. The molecule has 0 spiro atoms. The fourth-order valence-corrected chi connectivity index (χ4v) is 3.93. The van der Waals surface area contributed by atoms with Crippen LogP contribution in [0.2, 0.25) is 0 Å². The van der Waals surface area contributed by atoms with Crippen molar-refractivity contribution in [2.24, 2.45) is 0 Å². The molecule has 24 heavy (non-hydrogen) atoms. The Balaban J connectivity index is 1.73. The van der Waals surface area contributed by atoms with E-state index in [0.29, 0.717) is 0 Å². The molecule has 4 heterocycles. The molecule has 4 rings (SSSR count). The van der Waals surface area contributed by atoms with Crippen molar-refractivity contribution in [2.45, 2.75) is 30.3 Å². The number of aromatic amines is 1. The van der Waals surface area contributed by atoms with Crippen LogP contribution in [0.1, 0.15) is 0 Å². The van der Waals surface area contributed by atoms with E-state index in [1.54, 1.807) is 0 Å². The lowest BCUT2D eigenvalue weighted by molar-refractivity contribution is -0.312. The smallest absolute Gasteiger partial charge is 0.369 e. The van der Waals surface area contributed by atoms with Crippen molar-refractivity contribution in [2.75, 3.05) is 23.0 Å². The van der Waals surface area contributed by atoms with Gasteiger partial charge < -0.3 is 41.2 Å². The predicted octanol–water partition coefficient (Wildman–Crippen LogP) is -2.52. The number of aromatic nitrogens is 2. The Bertz CT molecular complexity index is 798. The van der Waals surface area contributed by atoms with Crippen LogP contribution in [-0.4, -0.2) is 61.9 Å². The van der Waals surface area contributed by atoms with Gasteiger partial charge in [-0.3, -0.25) is 13.8 Å². The van der Waals surface area contributed by atoms with E-state index in [4.69, 9.17) is 15.0 Å². The number of nitrogen functional groups attached to an aromatic ring is 1. The normalized spacial score (nSPS) is 39.6. The Labute approximate surface area is 133 Å². The highest BCUT2D eigenvalue weighted by atomic mass is 31.2. The number of phosphoric acid groups is 1. The summed E-state index contributed by atoms with van der Waals surface area (Å²) < 4.78 is 26.5. The highest BCUT2D eigenvalue weighted by molar-refractivity contribution is 7.47. The molecule has 1 aromatic heterocycles. The van der Waals surface area contributed by atoms with Crippen molar-refractivity contribution < 1.29 is 33.5 Å². The number of rotatable bonds is 0. The van der Waals surface area contributed by atoms with Crippen LogP contribution < -0.4 is 21.9 Å². The molecule has 13 nitrogen and oxygen atoms in total. The monoisotopic (exact) mass is 363 g/mol. The fourth-order valence-electron chi connectivity index (χ4n) is 2.96. The lowest BCUT2D eigenvalue weighted by Crippen LogP contribution is -2.73. The molecule has 0 aliphatic carbocycles. The lowest BCUT2D eigenvalue weighted by Gasteiger charge is -2.52. The Morgan fingerprint density at radius 1 is 1.38 bits per heavy atom. The molecular weight excluding hydrogens is 349 g/mol. The Morgan fingerprint density at radius 3 is 2.88 bits per heavy atom. The van der Waals surface area contributed by atoms with Gasteiger partial charge in [0.2, 0.25) is 11.7 Å². The van der Waals surface area contributed by atoms with E-state index in [1.807, 2.05) is 0 Å². The number of ether oxygens (including phenoxy) is 1. The van der Waals surface area contributed by atoms with Crippen LogP contribution in [0.3, 0.4) is 0 Å². The SMILES string of the molecule is Nc1nc(=O)c2c([nH]1)N[C@@H]1O[C@@H]3COP(=O)(O)O[C@@H]3C(O)(O)[C@@H]1N2. The Hall–Kier alpha value is -1.73. The number of nitrogens with zero attached hydrogens (tertiary/aromatic N) is 1. The van der Waals surface area contributed by atoms with Crippen LogP contribution >= 0.6 is 7.82 Å². The molecule has 2 fully saturated rings. The minimum Gasteiger partial charge on any atom is -0.369 e. The molecule has 0 amide bonds. The largest absolute Gasteiger partial charge is 0.472 e. The van der Waals surface area contributed by atoms with E-state index in [2.05, 4.69) is 25.1 Å². The van der Waals surface area contributed by atoms with Crippen molar-refractivity contribution in [3.63, 3.8) is 0 Å². The number of anilines is 3. The summed E-state index contributed by atoms with van der Waals surface area (Å²) in [4.78, 5) is 27.4. The van der Waals surface area contributed by atoms with Crippen LogP contribution in [-0.2, 0) is 18.3 Å². The van der Waals surface area contributed by atoms with E-state index in [0.717, 1.165) is 0 Å². The van der Waals surface area contributed by atoms with E-state index < -0.39 is 43.6 Å². The molecule has 3 aliphatic rings. The summed E-state index contributed by atoms with van der Waals surface area (Å²) in [5, 5.41) is 26.3. The molecule has 0 saturated carbocycles. The van der Waals surface area contributed by atoms with Crippen molar-refractivity contribution in [3.05, 3.63) is 10.4 Å². The third kappa shape index (κ3) is 2.29. The Kier molecular flexibility index (Phi) is 3.22. The third-order valence-electron chi connectivity index (χ3n) is 4.01. The van der Waals surface area contributed by atoms with Crippen LogP contribution in [0.5, 0.6) is 0 Å². The van der Waals surface area contributed by atoms with Crippen LogP contribution in [0.15, 0.2) is 4.79 Å². The first-order valence-electron chi connectivity index (χ1n) is 6.86. The number of aliphatic hydroxyl groups is 2. The number of hydrogen-bond donors (Lipinski definition) is 7. The molecule has 2 saturated heterocycles. The average Bonchev–Trinajstić information content (AvgIpc) is 2.47. The number of hydrogen-bond acceptors (Lipinski definition) is 11. The van der Waals surface area contributed by atoms with Crippen LogP contribution in [0, 0.1) is 0 Å². The summed E-state index contributed by atoms with van der Waals surface area (Å²) in [6.07, 6.45) is -3.62. The van der Waals surface area contributed by atoms with Crippen LogP contribution in [0.4, 0.5) is 17.5 Å². The van der Waals surface area contributed by atoms with E-state index in [9.17, 15) is 24.5 Å². The van der Waals surface area contributed by atoms with Gasteiger partial charge in [-0.05, 0) is 0 Å². The molecule has 8 N–H and O–H groups in total. The van der Waals surface area contributed by atoms with E-state index in [-0.39, 0.29) is 24.1 Å². The molecule has 0 radical (unpaired) electrons. The minimum atomic E-state index is -4.43. The first-order chi connectivity index (χ1) is 11.2. The fraction of sp³-hybridized carbons (Fsp3) is 0.600. The van der Waals surface area contributed by atoms with Gasteiger partial charge in [0.15, 0.2) is 12.3 Å². The van der Waals surface area contributed by atoms with Crippen molar-refractivity contribution in [1.82, 2.24) is 9.97 Å². The summed E-state index contributed by atoms with van der Waals surface area (Å²) in [5.74, 6) is -2.62. The average molecular weight is 363 g/mol. The van der Waals surface area contributed by atoms with Gasteiger partial charge in [-0.15, -0.1) is 0 Å². The maximum absolute atomic E-state index is 11.9. The topological polar surface area (TPSA) is 201 Å². The molecule has 3 aliphatic heterocycles. The predicted molar refractivity (Wildman–Crippen MR) is 76.8 cm³/mol. The molecule has 14 heteroatoms. The maximum Gasteiger partial charge on any atom is 0.472 e. The lowest BCUT2D eigenvalue weighted by atomic mass is 9.91. The highest BCUT2D eigenvalue weighted by Crippen LogP contribution is 2.52. The standard InChI is InChI=1S/C10H14N5O8P/c11-9-14-6-3(7(16)15-9)12-4-8(13-6)22-2-1-21-24(19,20)23-5(2)10(4,17)18/h2,4-5,8,12,17-18H,1H2,(H,19,20)(H4,11,13,14,15,16)/t2-,4-,5+,8-/m1/s1. The van der Waals surface area contributed by atoms with Crippen LogP contribution in [0.25, 0.3) is 0 Å².